The number of aliphatic carboxylic acids is 1. The number of rotatable bonds is 6. The molecule has 29 heavy (non-hydrogen) atoms. The number of carboxylic acids is 1. The van der Waals surface area contributed by atoms with Crippen molar-refractivity contribution in [1.29, 1.82) is 0 Å². The number of hydrogen-bond donors (Lipinski definition) is 2. The van der Waals surface area contributed by atoms with Crippen LogP contribution in [-0.2, 0) is 4.79 Å². The van der Waals surface area contributed by atoms with Gasteiger partial charge in [0.2, 0.25) is 0 Å². The number of carbonyl (C=O) groups is 3. The standard InChI is InChI=1S/C22H24N2O5/c1-15-5-2-3-8-19(15)21(27)23-17-9-11-24(12-10-17)22(28)16-6-4-7-18(13-16)29-14-20(25)26/h2-8,13,17H,9-12,14H2,1H3,(H,23,27)(H,25,26). The number of ether oxygens (including phenoxy) is 1. The molecule has 152 valence electrons. The molecule has 0 aromatic heterocycles. The van der Waals surface area contributed by atoms with Gasteiger partial charge in [-0.05, 0) is 49.6 Å². The van der Waals surface area contributed by atoms with E-state index in [9.17, 15) is 14.4 Å². The van der Waals surface area contributed by atoms with Crippen molar-refractivity contribution in [3.8, 4) is 5.75 Å². The summed E-state index contributed by atoms with van der Waals surface area (Å²) < 4.78 is 5.14. The van der Waals surface area contributed by atoms with Crippen LogP contribution < -0.4 is 10.1 Å². The lowest BCUT2D eigenvalue weighted by Gasteiger charge is -2.32. The van der Waals surface area contributed by atoms with E-state index in [1.807, 2.05) is 31.2 Å². The monoisotopic (exact) mass is 396 g/mol. The van der Waals surface area contributed by atoms with E-state index in [0.717, 1.165) is 5.56 Å². The first kappa shape index (κ1) is 20.4. The van der Waals surface area contributed by atoms with Gasteiger partial charge in [0.15, 0.2) is 6.61 Å². The second-order valence-corrected chi connectivity index (χ2v) is 7.07. The van der Waals surface area contributed by atoms with Crippen LogP contribution in [0.15, 0.2) is 48.5 Å². The number of amides is 2. The summed E-state index contributed by atoms with van der Waals surface area (Å²) in [6.45, 7) is 2.53. The Labute approximate surface area is 169 Å². The maximum atomic E-state index is 12.8. The van der Waals surface area contributed by atoms with Gasteiger partial charge in [0, 0.05) is 30.3 Å². The molecule has 2 aromatic rings. The summed E-state index contributed by atoms with van der Waals surface area (Å²) in [5.41, 5.74) is 2.06. The summed E-state index contributed by atoms with van der Waals surface area (Å²) >= 11 is 0. The molecule has 2 N–H and O–H groups in total. The maximum Gasteiger partial charge on any atom is 0.341 e. The number of carbonyl (C=O) groups excluding carboxylic acids is 2. The van der Waals surface area contributed by atoms with Gasteiger partial charge in [0.1, 0.15) is 5.75 Å². The molecular formula is C22H24N2O5. The van der Waals surface area contributed by atoms with Crippen LogP contribution in [0.5, 0.6) is 5.75 Å². The third kappa shape index (κ3) is 5.34. The van der Waals surface area contributed by atoms with Crippen LogP contribution in [0.25, 0.3) is 0 Å². The summed E-state index contributed by atoms with van der Waals surface area (Å²) in [6.07, 6.45) is 1.36. The van der Waals surface area contributed by atoms with E-state index in [1.165, 1.54) is 0 Å². The largest absolute Gasteiger partial charge is 0.482 e. The molecule has 1 aliphatic heterocycles. The highest BCUT2D eigenvalue weighted by atomic mass is 16.5. The van der Waals surface area contributed by atoms with E-state index in [4.69, 9.17) is 9.84 Å². The second-order valence-electron chi connectivity index (χ2n) is 7.07. The highest BCUT2D eigenvalue weighted by Gasteiger charge is 2.25. The molecule has 0 unspecified atom stereocenters. The Kier molecular flexibility index (Phi) is 6.49. The molecule has 7 heteroatoms. The lowest BCUT2D eigenvalue weighted by molar-refractivity contribution is -0.139. The first-order valence-corrected chi connectivity index (χ1v) is 9.54. The van der Waals surface area contributed by atoms with Crippen molar-refractivity contribution in [2.75, 3.05) is 19.7 Å². The van der Waals surface area contributed by atoms with Crippen LogP contribution in [0.4, 0.5) is 0 Å². The molecule has 1 saturated heterocycles. The van der Waals surface area contributed by atoms with Crippen LogP contribution in [0.3, 0.4) is 0 Å². The number of aryl methyl sites for hydroxylation is 1. The number of likely N-dealkylation sites (tertiary alicyclic amines) is 1. The molecule has 0 bridgehead atoms. The van der Waals surface area contributed by atoms with Crippen LogP contribution in [0.2, 0.25) is 0 Å². The zero-order valence-corrected chi connectivity index (χ0v) is 16.3. The van der Waals surface area contributed by atoms with E-state index in [0.29, 0.717) is 42.8 Å². The van der Waals surface area contributed by atoms with Gasteiger partial charge in [0.25, 0.3) is 11.8 Å². The minimum absolute atomic E-state index is 0.0244. The topological polar surface area (TPSA) is 95.9 Å². The second kappa shape index (κ2) is 9.23. The number of nitrogens with zero attached hydrogens (tertiary/aromatic N) is 1. The third-order valence-electron chi connectivity index (χ3n) is 4.95. The smallest absolute Gasteiger partial charge is 0.341 e. The fraction of sp³-hybridized carbons (Fsp3) is 0.318. The van der Waals surface area contributed by atoms with Crippen molar-refractivity contribution in [2.24, 2.45) is 0 Å². The van der Waals surface area contributed by atoms with Crippen LogP contribution in [-0.4, -0.2) is 53.5 Å². The highest BCUT2D eigenvalue weighted by molar-refractivity contribution is 5.96. The number of benzene rings is 2. The predicted molar refractivity (Wildman–Crippen MR) is 107 cm³/mol. The van der Waals surface area contributed by atoms with Gasteiger partial charge in [-0.2, -0.15) is 0 Å². The van der Waals surface area contributed by atoms with E-state index in [1.54, 1.807) is 29.2 Å². The van der Waals surface area contributed by atoms with Gasteiger partial charge in [-0.15, -0.1) is 0 Å². The molecule has 2 amide bonds. The number of piperidine rings is 1. The Morgan fingerprint density at radius 2 is 1.83 bits per heavy atom. The van der Waals surface area contributed by atoms with Crippen LogP contribution >= 0.6 is 0 Å². The van der Waals surface area contributed by atoms with E-state index < -0.39 is 12.6 Å². The fourth-order valence-electron chi connectivity index (χ4n) is 3.36. The summed E-state index contributed by atoms with van der Waals surface area (Å²) in [5, 5.41) is 11.8. The fourth-order valence-corrected chi connectivity index (χ4v) is 3.36. The molecule has 0 saturated carbocycles. The van der Waals surface area contributed by atoms with Gasteiger partial charge in [-0.3, -0.25) is 9.59 Å². The summed E-state index contributed by atoms with van der Waals surface area (Å²) in [6, 6.07) is 14.0. The summed E-state index contributed by atoms with van der Waals surface area (Å²) in [5.74, 6) is -0.944. The summed E-state index contributed by atoms with van der Waals surface area (Å²) in [4.78, 5) is 37.6. The van der Waals surface area contributed by atoms with Crippen molar-refractivity contribution in [1.82, 2.24) is 10.2 Å². The SMILES string of the molecule is Cc1ccccc1C(=O)NC1CCN(C(=O)c2cccc(OCC(=O)O)c2)CC1. The van der Waals surface area contributed by atoms with E-state index in [2.05, 4.69) is 5.32 Å². The van der Waals surface area contributed by atoms with Crippen LogP contribution in [0.1, 0.15) is 39.1 Å². The lowest BCUT2D eigenvalue weighted by atomic mass is 10.0. The molecule has 0 spiro atoms. The zero-order chi connectivity index (χ0) is 20.8. The Balaban J connectivity index is 1.54. The molecule has 3 rings (SSSR count). The van der Waals surface area contributed by atoms with Crippen molar-refractivity contribution < 1.29 is 24.2 Å². The average Bonchev–Trinajstić information content (AvgIpc) is 2.73. The van der Waals surface area contributed by atoms with E-state index >= 15 is 0 Å². The first-order chi connectivity index (χ1) is 13.9. The molecule has 0 atom stereocenters. The molecule has 1 fully saturated rings. The Morgan fingerprint density at radius 1 is 1.10 bits per heavy atom. The van der Waals surface area contributed by atoms with Crippen LogP contribution in [0, 0.1) is 6.92 Å². The molecule has 2 aromatic carbocycles. The Morgan fingerprint density at radius 3 is 2.52 bits per heavy atom. The van der Waals surface area contributed by atoms with Crippen molar-refractivity contribution >= 4 is 17.8 Å². The normalized spacial score (nSPS) is 14.3. The minimum Gasteiger partial charge on any atom is -0.482 e. The van der Waals surface area contributed by atoms with Crippen molar-refractivity contribution in [2.45, 2.75) is 25.8 Å². The van der Waals surface area contributed by atoms with Gasteiger partial charge in [0.05, 0.1) is 0 Å². The Hall–Kier alpha value is -3.35. The zero-order valence-electron chi connectivity index (χ0n) is 16.3. The van der Waals surface area contributed by atoms with Crippen molar-refractivity contribution in [3.05, 3.63) is 65.2 Å². The first-order valence-electron chi connectivity index (χ1n) is 9.54. The molecule has 1 heterocycles. The molecule has 0 aliphatic carbocycles. The minimum atomic E-state index is -1.07. The van der Waals surface area contributed by atoms with Gasteiger partial charge in [-0.25, -0.2) is 4.79 Å². The van der Waals surface area contributed by atoms with Gasteiger partial charge >= 0.3 is 5.97 Å². The van der Waals surface area contributed by atoms with Gasteiger partial charge < -0.3 is 20.1 Å². The predicted octanol–water partition coefficient (Wildman–Crippen LogP) is 2.49. The maximum absolute atomic E-state index is 12.8. The van der Waals surface area contributed by atoms with Gasteiger partial charge in [-0.1, -0.05) is 24.3 Å². The quantitative estimate of drug-likeness (QED) is 0.782. The third-order valence-corrected chi connectivity index (χ3v) is 4.95. The lowest BCUT2D eigenvalue weighted by Crippen LogP contribution is -2.46. The number of hydrogen-bond acceptors (Lipinski definition) is 4. The Bertz CT molecular complexity index is 904. The average molecular weight is 396 g/mol. The molecule has 1 aliphatic rings. The summed E-state index contributed by atoms with van der Waals surface area (Å²) in [7, 11) is 0. The molecule has 0 radical (unpaired) electrons. The number of carboxylic acid groups (broad SMARTS) is 1. The van der Waals surface area contributed by atoms with Crippen molar-refractivity contribution in [3.63, 3.8) is 0 Å². The van der Waals surface area contributed by atoms with E-state index in [-0.39, 0.29) is 17.9 Å². The molecule has 7 nitrogen and oxygen atoms in total. The number of nitrogens with one attached hydrogen (secondary N) is 1. The molecular weight excluding hydrogens is 372 g/mol. The highest BCUT2D eigenvalue weighted by Crippen LogP contribution is 2.19.